The van der Waals surface area contributed by atoms with E-state index < -0.39 is 0 Å². The van der Waals surface area contributed by atoms with Gasteiger partial charge in [0.05, 0.1) is 11.3 Å². The first-order chi connectivity index (χ1) is 10.1. The van der Waals surface area contributed by atoms with Gasteiger partial charge in [0, 0.05) is 25.6 Å². The van der Waals surface area contributed by atoms with Crippen molar-refractivity contribution in [1.82, 2.24) is 10.2 Å². The summed E-state index contributed by atoms with van der Waals surface area (Å²) in [5.41, 5.74) is 9.28. The summed E-state index contributed by atoms with van der Waals surface area (Å²) in [5, 5.41) is 8.30. The minimum Gasteiger partial charge on any atom is -0.382 e. The Balaban J connectivity index is 2.24. The number of halogens is 3. The van der Waals surface area contributed by atoms with Crippen molar-refractivity contribution in [2.75, 3.05) is 5.73 Å². The molecule has 3 rings (SSSR count). The van der Waals surface area contributed by atoms with E-state index in [0.717, 1.165) is 26.9 Å². The number of anilines is 1. The first kappa shape index (κ1) is 14.4. The Morgan fingerprint density at radius 1 is 1.10 bits per heavy atom. The summed E-state index contributed by atoms with van der Waals surface area (Å²) in [5.74, 6) is 0.397. The van der Waals surface area contributed by atoms with Crippen LogP contribution in [-0.2, 0) is 0 Å². The summed E-state index contributed by atoms with van der Waals surface area (Å²) < 4.78 is 0.878. The minimum atomic E-state index is 0.397. The second-order valence-electron chi connectivity index (χ2n) is 4.50. The number of nitrogens with two attached hydrogens (primary N) is 1. The Bertz CT molecular complexity index is 794. The molecule has 0 aliphatic rings. The van der Waals surface area contributed by atoms with Gasteiger partial charge < -0.3 is 5.73 Å². The third kappa shape index (κ3) is 2.79. The quantitative estimate of drug-likeness (QED) is 0.623. The van der Waals surface area contributed by atoms with Gasteiger partial charge in [-0.25, -0.2) is 0 Å². The third-order valence-electron chi connectivity index (χ3n) is 3.09. The molecule has 106 valence electrons. The smallest absolute Gasteiger partial charge is 0.153 e. The molecule has 0 atom stereocenters. The molecule has 2 aromatic carbocycles. The lowest BCUT2D eigenvalue weighted by Crippen LogP contribution is -1.89. The number of hydrogen-bond acceptors (Lipinski definition) is 2. The van der Waals surface area contributed by atoms with Crippen molar-refractivity contribution in [3.8, 4) is 22.4 Å². The van der Waals surface area contributed by atoms with Crippen molar-refractivity contribution < 1.29 is 0 Å². The van der Waals surface area contributed by atoms with Crippen molar-refractivity contribution in [3.63, 3.8) is 0 Å². The molecular weight excluding hydrogens is 373 g/mol. The van der Waals surface area contributed by atoms with E-state index in [1.807, 2.05) is 42.5 Å². The Morgan fingerprint density at radius 3 is 2.57 bits per heavy atom. The van der Waals surface area contributed by atoms with Gasteiger partial charge in [-0.2, -0.15) is 5.10 Å². The Morgan fingerprint density at radius 2 is 1.86 bits per heavy atom. The van der Waals surface area contributed by atoms with Crippen LogP contribution in [0, 0.1) is 0 Å². The van der Waals surface area contributed by atoms with Gasteiger partial charge in [0.15, 0.2) is 5.82 Å². The molecule has 0 saturated carbocycles. The highest BCUT2D eigenvalue weighted by atomic mass is 79.9. The fourth-order valence-corrected chi connectivity index (χ4v) is 3.29. The van der Waals surface area contributed by atoms with Crippen molar-refractivity contribution in [1.29, 1.82) is 0 Å². The average Bonchev–Trinajstić information content (AvgIpc) is 2.80. The highest BCUT2D eigenvalue weighted by Gasteiger charge is 2.17. The van der Waals surface area contributed by atoms with Crippen LogP contribution in [-0.4, -0.2) is 10.2 Å². The molecule has 0 aliphatic carbocycles. The average molecular weight is 383 g/mol. The SMILES string of the molecule is Nc1n[nH]c(-c2cc(Cl)cc(Br)c2)c1-c1ccccc1Cl. The highest BCUT2D eigenvalue weighted by Crippen LogP contribution is 2.39. The lowest BCUT2D eigenvalue weighted by molar-refractivity contribution is 1.10. The summed E-state index contributed by atoms with van der Waals surface area (Å²) in [4.78, 5) is 0. The number of nitrogens with one attached hydrogen (secondary N) is 1. The van der Waals surface area contributed by atoms with E-state index in [-0.39, 0.29) is 0 Å². The predicted molar refractivity (Wildman–Crippen MR) is 91.6 cm³/mol. The van der Waals surface area contributed by atoms with Crippen LogP contribution < -0.4 is 5.73 Å². The van der Waals surface area contributed by atoms with E-state index in [4.69, 9.17) is 28.9 Å². The summed E-state index contributed by atoms with van der Waals surface area (Å²) in [6.07, 6.45) is 0. The van der Waals surface area contributed by atoms with E-state index in [9.17, 15) is 0 Å². The van der Waals surface area contributed by atoms with Crippen LogP contribution in [0.4, 0.5) is 5.82 Å². The second-order valence-corrected chi connectivity index (χ2v) is 6.26. The summed E-state index contributed by atoms with van der Waals surface area (Å²) in [7, 11) is 0. The van der Waals surface area contributed by atoms with Gasteiger partial charge >= 0.3 is 0 Å². The molecule has 3 aromatic rings. The van der Waals surface area contributed by atoms with E-state index in [2.05, 4.69) is 26.1 Å². The molecule has 0 bridgehead atoms. The number of hydrogen-bond donors (Lipinski definition) is 2. The molecule has 21 heavy (non-hydrogen) atoms. The van der Waals surface area contributed by atoms with Crippen molar-refractivity contribution >= 4 is 44.9 Å². The standard InChI is InChI=1S/C15H10BrCl2N3/c16-9-5-8(6-10(17)7-9)14-13(15(19)21-20-14)11-3-1-2-4-12(11)18/h1-7H,(H3,19,20,21). The maximum absolute atomic E-state index is 6.28. The maximum Gasteiger partial charge on any atom is 0.153 e. The summed E-state index contributed by atoms with van der Waals surface area (Å²) in [6.45, 7) is 0. The van der Waals surface area contributed by atoms with Gasteiger partial charge in [-0.05, 0) is 24.3 Å². The zero-order chi connectivity index (χ0) is 15.0. The fourth-order valence-electron chi connectivity index (χ4n) is 2.20. The largest absolute Gasteiger partial charge is 0.382 e. The Kier molecular flexibility index (Phi) is 3.93. The third-order valence-corrected chi connectivity index (χ3v) is 4.09. The van der Waals surface area contributed by atoms with E-state index in [1.165, 1.54) is 0 Å². The molecule has 0 saturated heterocycles. The van der Waals surface area contributed by atoms with Crippen molar-refractivity contribution in [2.45, 2.75) is 0 Å². The Hall–Kier alpha value is -1.49. The minimum absolute atomic E-state index is 0.397. The lowest BCUT2D eigenvalue weighted by atomic mass is 10.0. The monoisotopic (exact) mass is 381 g/mol. The number of aromatic nitrogens is 2. The zero-order valence-corrected chi connectivity index (χ0v) is 13.8. The number of rotatable bonds is 2. The fraction of sp³-hybridized carbons (Fsp3) is 0. The number of nitrogen functional groups attached to an aromatic ring is 1. The zero-order valence-electron chi connectivity index (χ0n) is 10.7. The topological polar surface area (TPSA) is 54.7 Å². The van der Waals surface area contributed by atoms with Crippen molar-refractivity contribution in [3.05, 3.63) is 57.0 Å². The molecule has 3 N–H and O–H groups in total. The highest BCUT2D eigenvalue weighted by molar-refractivity contribution is 9.10. The first-order valence-electron chi connectivity index (χ1n) is 6.11. The second kappa shape index (κ2) is 5.72. The summed E-state index contributed by atoms with van der Waals surface area (Å²) in [6, 6.07) is 13.1. The maximum atomic E-state index is 6.28. The first-order valence-corrected chi connectivity index (χ1v) is 7.66. The molecule has 3 nitrogen and oxygen atoms in total. The molecule has 6 heteroatoms. The van der Waals surface area contributed by atoms with Crippen LogP contribution in [0.2, 0.25) is 10.0 Å². The van der Waals surface area contributed by atoms with Gasteiger partial charge in [-0.15, -0.1) is 0 Å². The Labute approximate surface area is 140 Å². The normalized spacial score (nSPS) is 10.8. The molecular formula is C15H10BrCl2N3. The number of H-pyrrole nitrogens is 1. The van der Waals surface area contributed by atoms with Gasteiger partial charge in [-0.3, -0.25) is 5.10 Å². The van der Waals surface area contributed by atoms with Gasteiger partial charge in [0.2, 0.25) is 0 Å². The van der Waals surface area contributed by atoms with Gasteiger partial charge in [-0.1, -0.05) is 57.3 Å². The molecule has 0 spiro atoms. The van der Waals surface area contributed by atoms with Crippen LogP contribution in [0.15, 0.2) is 46.9 Å². The van der Waals surface area contributed by atoms with E-state index in [0.29, 0.717) is 15.9 Å². The molecule has 0 fully saturated rings. The van der Waals surface area contributed by atoms with Crippen molar-refractivity contribution in [2.24, 2.45) is 0 Å². The number of aromatic amines is 1. The van der Waals surface area contributed by atoms with Gasteiger partial charge in [0.25, 0.3) is 0 Å². The van der Waals surface area contributed by atoms with Gasteiger partial charge in [0.1, 0.15) is 0 Å². The van der Waals surface area contributed by atoms with E-state index >= 15 is 0 Å². The number of benzene rings is 2. The van der Waals surface area contributed by atoms with Crippen LogP contribution in [0.1, 0.15) is 0 Å². The molecule has 0 amide bonds. The van der Waals surface area contributed by atoms with Crippen LogP contribution in [0.25, 0.3) is 22.4 Å². The summed E-state index contributed by atoms with van der Waals surface area (Å²) >= 11 is 15.8. The molecule has 0 unspecified atom stereocenters. The molecule has 0 radical (unpaired) electrons. The van der Waals surface area contributed by atoms with E-state index in [1.54, 1.807) is 0 Å². The van der Waals surface area contributed by atoms with Crippen LogP contribution in [0.5, 0.6) is 0 Å². The molecule has 0 aliphatic heterocycles. The molecule has 1 aromatic heterocycles. The van der Waals surface area contributed by atoms with Crippen LogP contribution in [0.3, 0.4) is 0 Å². The predicted octanol–water partition coefficient (Wildman–Crippen LogP) is 5.40. The van der Waals surface area contributed by atoms with Crippen LogP contribution >= 0.6 is 39.1 Å². The lowest BCUT2D eigenvalue weighted by Gasteiger charge is -2.07. The number of nitrogens with zero attached hydrogens (tertiary/aromatic N) is 1. The molecule has 1 heterocycles.